The second kappa shape index (κ2) is 7.94. The lowest BCUT2D eigenvalue weighted by atomic mass is 10.1. The van der Waals surface area contributed by atoms with Crippen molar-refractivity contribution in [3.05, 3.63) is 12.1 Å². The lowest BCUT2D eigenvalue weighted by molar-refractivity contribution is -0.142. The van der Waals surface area contributed by atoms with Crippen LogP contribution in [0, 0.1) is 17.8 Å². The Kier molecular flexibility index (Phi) is 5.78. The Morgan fingerprint density at radius 1 is 1.37 bits per heavy atom. The van der Waals surface area contributed by atoms with Gasteiger partial charge in [0.05, 0.1) is 21.4 Å². The van der Waals surface area contributed by atoms with Gasteiger partial charge in [-0.3, -0.25) is 4.79 Å². The van der Waals surface area contributed by atoms with Crippen molar-refractivity contribution in [3.8, 4) is 5.75 Å². The SMILES string of the molecule is CSc1cc2c(cc1OCC(C)C(=O)O)S(=O)N(C)CCN2C1CC2C(C1)C2(F)F. The molecular formula is C20H26F2N2O4S2. The molecule has 1 N–H and O–H groups in total. The molecule has 1 aromatic rings. The quantitative estimate of drug-likeness (QED) is 0.657. The number of carboxylic acids is 1. The number of halogens is 2. The van der Waals surface area contributed by atoms with E-state index in [1.54, 1.807) is 24.3 Å². The third kappa shape index (κ3) is 3.71. The highest BCUT2D eigenvalue weighted by atomic mass is 32.2. The van der Waals surface area contributed by atoms with Crippen LogP contribution in [0.3, 0.4) is 0 Å². The highest BCUT2D eigenvalue weighted by molar-refractivity contribution is 7.98. The van der Waals surface area contributed by atoms with E-state index in [1.165, 1.54) is 11.8 Å². The first-order valence-electron chi connectivity index (χ1n) is 10.00. The molecule has 2 fully saturated rings. The van der Waals surface area contributed by atoms with E-state index in [1.807, 2.05) is 12.3 Å². The van der Waals surface area contributed by atoms with Crippen LogP contribution in [-0.4, -0.2) is 64.6 Å². The highest BCUT2D eigenvalue weighted by Crippen LogP contribution is 2.65. The number of hydrogen-bond donors (Lipinski definition) is 1. The molecule has 6 nitrogen and oxygen atoms in total. The van der Waals surface area contributed by atoms with E-state index in [-0.39, 0.29) is 12.6 Å². The summed E-state index contributed by atoms with van der Waals surface area (Å²) >= 11 is 1.46. The maximum absolute atomic E-state index is 13.7. The molecule has 2 saturated carbocycles. The summed E-state index contributed by atoms with van der Waals surface area (Å²) in [5, 5.41) is 9.11. The lowest BCUT2D eigenvalue weighted by Gasteiger charge is -2.33. The van der Waals surface area contributed by atoms with Gasteiger partial charge in [0.2, 0.25) is 0 Å². The molecule has 10 heteroatoms. The fourth-order valence-electron chi connectivity index (χ4n) is 4.49. The molecule has 166 valence electrons. The molecule has 0 bridgehead atoms. The number of thioether (sulfide) groups is 1. The van der Waals surface area contributed by atoms with E-state index in [2.05, 4.69) is 4.90 Å². The first-order chi connectivity index (χ1) is 14.1. The van der Waals surface area contributed by atoms with Gasteiger partial charge in [0, 0.05) is 44.1 Å². The standard InChI is InChI=1S/C20H26F2N2O4S2/c1-11(19(25)26)10-28-16-9-18-15(8-17(16)29-3)24(5-4-23(2)30(18)27)12-6-13-14(7-12)20(13,21)22/h8-9,11-14H,4-7,10H2,1-3H3,(H,25,26). The Morgan fingerprint density at radius 3 is 2.63 bits per heavy atom. The van der Waals surface area contributed by atoms with Gasteiger partial charge in [0.1, 0.15) is 23.3 Å². The third-order valence-electron chi connectivity index (χ3n) is 6.45. The van der Waals surface area contributed by atoms with Gasteiger partial charge in [0.25, 0.3) is 5.92 Å². The summed E-state index contributed by atoms with van der Waals surface area (Å²) in [6.45, 7) is 2.76. The minimum absolute atomic E-state index is 0.00887. The molecule has 2 aliphatic carbocycles. The van der Waals surface area contributed by atoms with E-state index in [0.29, 0.717) is 36.6 Å². The average Bonchev–Trinajstić information content (AvgIpc) is 3.05. The summed E-state index contributed by atoms with van der Waals surface area (Å²) in [6.07, 6.45) is 2.80. The van der Waals surface area contributed by atoms with Gasteiger partial charge in [0.15, 0.2) is 0 Å². The predicted octanol–water partition coefficient (Wildman–Crippen LogP) is 3.33. The van der Waals surface area contributed by atoms with Crippen molar-refractivity contribution in [3.63, 3.8) is 0 Å². The molecule has 3 aliphatic rings. The molecule has 1 heterocycles. The van der Waals surface area contributed by atoms with Crippen LogP contribution in [0.2, 0.25) is 0 Å². The molecule has 1 aromatic carbocycles. The molecule has 0 aromatic heterocycles. The van der Waals surface area contributed by atoms with Gasteiger partial charge in [-0.1, -0.05) is 0 Å². The Hall–Kier alpha value is -1.39. The monoisotopic (exact) mass is 460 g/mol. The summed E-state index contributed by atoms with van der Waals surface area (Å²) in [7, 11) is 0.360. The van der Waals surface area contributed by atoms with Crippen molar-refractivity contribution in [2.45, 2.75) is 41.5 Å². The zero-order chi connectivity index (χ0) is 21.8. The Labute approximate surface area is 181 Å². The average molecular weight is 461 g/mol. The smallest absolute Gasteiger partial charge is 0.309 e. The van der Waals surface area contributed by atoms with Crippen LogP contribution >= 0.6 is 11.8 Å². The zero-order valence-corrected chi connectivity index (χ0v) is 18.8. The van der Waals surface area contributed by atoms with E-state index >= 15 is 0 Å². The number of ether oxygens (including phenoxy) is 1. The van der Waals surface area contributed by atoms with Gasteiger partial charge in [-0.15, -0.1) is 11.8 Å². The number of carbonyl (C=O) groups is 1. The van der Waals surface area contributed by atoms with Crippen LogP contribution in [-0.2, 0) is 15.8 Å². The first kappa shape index (κ1) is 21.8. The number of likely N-dealkylation sites (N-methyl/N-ethyl adjacent to an activating group) is 1. The number of alkyl halides is 2. The normalized spacial score (nSPS) is 30.9. The second-order valence-electron chi connectivity index (χ2n) is 8.33. The lowest BCUT2D eigenvalue weighted by Crippen LogP contribution is -2.39. The summed E-state index contributed by atoms with van der Waals surface area (Å²) < 4.78 is 48.1. The van der Waals surface area contributed by atoms with Crippen LogP contribution < -0.4 is 9.64 Å². The molecule has 0 saturated heterocycles. The third-order valence-corrected chi connectivity index (χ3v) is 8.66. The number of nitrogens with zero attached hydrogens (tertiary/aromatic N) is 2. The van der Waals surface area contributed by atoms with Crippen molar-refractivity contribution in [1.82, 2.24) is 4.31 Å². The zero-order valence-electron chi connectivity index (χ0n) is 17.1. The Morgan fingerprint density at radius 2 is 2.03 bits per heavy atom. The summed E-state index contributed by atoms with van der Waals surface area (Å²) in [5.41, 5.74) is 0.801. The molecular weight excluding hydrogens is 434 g/mol. The van der Waals surface area contributed by atoms with Crippen molar-refractivity contribution in [2.24, 2.45) is 17.8 Å². The van der Waals surface area contributed by atoms with Gasteiger partial charge in [-0.05, 0) is 32.1 Å². The first-order valence-corrected chi connectivity index (χ1v) is 12.3. The fourth-order valence-corrected chi connectivity index (χ4v) is 6.19. The maximum Gasteiger partial charge on any atom is 0.309 e. The van der Waals surface area contributed by atoms with E-state index in [0.717, 1.165) is 10.6 Å². The van der Waals surface area contributed by atoms with Crippen LogP contribution in [0.15, 0.2) is 21.9 Å². The number of rotatable bonds is 6. The number of anilines is 1. The maximum atomic E-state index is 13.7. The minimum Gasteiger partial charge on any atom is -0.491 e. The number of hydrogen-bond acceptors (Lipinski definition) is 5. The predicted molar refractivity (Wildman–Crippen MR) is 112 cm³/mol. The van der Waals surface area contributed by atoms with Crippen molar-refractivity contribution in [2.75, 3.05) is 37.9 Å². The Bertz CT molecular complexity index is 871. The summed E-state index contributed by atoms with van der Waals surface area (Å²) in [6, 6.07) is 3.65. The van der Waals surface area contributed by atoms with Gasteiger partial charge >= 0.3 is 5.97 Å². The molecule has 0 radical (unpaired) electrons. The van der Waals surface area contributed by atoms with Gasteiger partial charge in [-0.2, -0.15) is 0 Å². The van der Waals surface area contributed by atoms with Crippen molar-refractivity contribution < 1.29 is 27.6 Å². The molecule has 4 rings (SSSR count). The Balaban J connectivity index is 1.65. The van der Waals surface area contributed by atoms with Crippen LogP contribution in [0.25, 0.3) is 0 Å². The van der Waals surface area contributed by atoms with E-state index < -0.39 is 40.6 Å². The van der Waals surface area contributed by atoms with E-state index in [4.69, 9.17) is 9.84 Å². The number of carboxylic acid groups (broad SMARTS) is 1. The molecule has 4 unspecified atom stereocenters. The molecule has 1 aliphatic heterocycles. The minimum atomic E-state index is -2.52. The van der Waals surface area contributed by atoms with Crippen LogP contribution in [0.1, 0.15) is 19.8 Å². The largest absolute Gasteiger partial charge is 0.491 e. The fraction of sp³-hybridized carbons (Fsp3) is 0.650. The van der Waals surface area contributed by atoms with E-state index in [9.17, 15) is 17.8 Å². The summed E-state index contributed by atoms with van der Waals surface area (Å²) in [5.74, 6) is -4.70. The molecule has 30 heavy (non-hydrogen) atoms. The van der Waals surface area contributed by atoms with Crippen LogP contribution in [0.5, 0.6) is 5.75 Å². The molecule has 4 atom stereocenters. The topological polar surface area (TPSA) is 70.1 Å². The van der Waals surface area contributed by atoms with Gasteiger partial charge < -0.3 is 14.7 Å². The summed E-state index contributed by atoms with van der Waals surface area (Å²) in [4.78, 5) is 14.6. The number of aliphatic carboxylic acids is 1. The number of fused-ring (bicyclic) bond motifs is 2. The highest BCUT2D eigenvalue weighted by Gasteiger charge is 2.72. The molecule has 0 spiro atoms. The van der Waals surface area contributed by atoms with Gasteiger partial charge in [-0.25, -0.2) is 17.3 Å². The molecule has 0 amide bonds. The second-order valence-corrected chi connectivity index (χ2v) is 10.7. The van der Waals surface area contributed by atoms with Crippen molar-refractivity contribution >= 4 is 34.4 Å². The van der Waals surface area contributed by atoms with Crippen molar-refractivity contribution in [1.29, 1.82) is 0 Å². The number of benzene rings is 1. The van der Waals surface area contributed by atoms with Crippen LogP contribution in [0.4, 0.5) is 14.5 Å².